The third-order valence-corrected chi connectivity index (χ3v) is 1.30. The van der Waals surface area contributed by atoms with Crippen LogP contribution in [0.1, 0.15) is 19.3 Å². The fourth-order valence-electron chi connectivity index (χ4n) is 0.814. The van der Waals surface area contributed by atoms with Crippen molar-refractivity contribution in [1.29, 1.82) is 0 Å². The summed E-state index contributed by atoms with van der Waals surface area (Å²) in [5.41, 5.74) is 1.11. The van der Waals surface area contributed by atoms with Gasteiger partial charge >= 0.3 is 0 Å². The van der Waals surface area contributed by atoms with Gasteiger partial charge in [0.15, 0.2) is 0 Å². The van der Waals surface area contributed by atoms with Crippen molar-refractivity contribution in [2.24, 2.45) is 4.99 Å². The number of isothiocyanates is 1. The van der Waals surface area contributed by atoms with Crippen molar-refractivity contribution in [2.75, 3.05) is 0 Å². The summed E-state index contributed by atoms with van der Waals surface area (Å²) in [6.45, 7) is 0. The van der Waals surface area contributed by atoms with Crippen molar-refractivity contribution >= 4 is 17.4 Å². The van der Waals surface area contributed by atoms with Crippen LogP contribution in [-0.4, -0.2) is 5.16 Å². The molecule has 0 amide bonds. The molecule has 1 aliphatic rings. The van der Waals surface area contributed by atoms with E-state index in [1.807, 2.05) is 0 Å². The predicted octanol–water partition coefficient (Wildman–Crippen LogP) is 2.16. The molecular weight excluding hydrogens is 118 g/mol. The Morgan fingerprint density at radius 2 is 2.62 bits per heavy atom. The molecular formula is C6H7NS. The largest absolute Gasteiger partial charge is 0.200 e. The number of nitrogens with zero attached hydrogens (tertiary/aromatic N) is 1. The van der Waals surface area contributed by atoms with Gasteiger partial charge in [-0.15, -0.1) is 0 Å². The third kappa shape index (κ3) is 1.25. The van der Waals surface area contributed by atoms with E-state index in [0.717, 1.165) is 18.5 Å². The maximum atomic E-state index is 4.43. The summed E-state index contributed by atoms with van der Waals surface area (Å²) in [4.78, 5) is 3.85. The molecule has 0 saturated carbocycles. The Bertz CT molecular complexity index is 154. The van der Waals surface area contributed by atoms with E-state index in [1.165, 1.54) is 6.42 Å². The first-order valence-corrected chi connectivity index (χ1v) is 3.11. The number of rotatable bonds is 1. The molecule has 1 aliphatic carbocycles. The third-order valence-electron chi connectivity index (χ3n) is 1.21. The SMILES string of the molecule is S=C=NC1=CCCC1. The zero-order valence-electron chi connectivity index (χ0n) is 4.55. The fraction of sp³-hybridized carbons (Fsp3) is 0.500. The molecule has 2 heteroatoms. The molecule has 0 unspecified atom stereocenters. The summed E-state index contributed by atoms with van der Waals surface area (Å²) in [5, 5.41) is 2.35. The first-order valence-electron chi connectivity index (χ1n) is 2.70. The van der Waals surface area contributed by atoms with Crippen LogP contribution in [-0.2, 0) is 0 Å². The molecule has 0 fully saturated rings. The first-order chi connectivity index (χ1) is 3.93. The minimum Gasteiger partial charge on any atom is -0.200 e. The van der Waals surface area contributed by atoms with Gasteiger partial charge in [-0.05, 0) is 31.5 Å². The second kappa shape index (κ2) is 2.75. The van der Waals surface area contributed by atoms with Gasteiger partial charge in [0.1, 0.15) is 0 Å². The molecule has 0 aromatic heterocycles. The molecule has 0 spiro atoms. The fourth-order valence-corrected chi connectivity index (χ4v) is 0.931. The predicted molar refractivity (Wildman–Crippen MR) is 37.0 cm³/mol. The average Bonchev–Trinajstić information content (AvgIpc) is 2.19. The van der Waals surface area contributed by atoms with Gasteiger partial charge in [0.2, 0.25) is 0 Å². The highest BCUT2D eigenvalue weighted by Crippen LogP contribution is 2.17. The van der Waals surface area contributed by atoms with Gasteiger partial charge in [-0.3, -0.25) is 0 Å². The van der Waals surface area contributed by atoms with Gasteiger partial charge < -0.3 is 0 Å². The summed E-state index contributed by atoms with van der Waals surface area (Å²) in [5.74, 6) is 0. The van der Waals surface area contributed by atoms with Crippen molar-refractivity contribution in [1.82, 2.24) is 0 Å². The summed E-state index contributed by atoms with van der Waals surface area (Å²) >= 11 is 4.43. The number of allylic oxidation sites excluding steroid dienone is 2. The topological polar surface area (TPSA) is 12.4 Å². The van der Waals surface area contributed by atoms with E-state index in [1.54, 1.807) is 0 Å². The zero-order valence-corrected chi connectivity index (χ0v) is 5.37. The van der Waals surface area contributed by atoms with Crippen LogP contribution in [0.2, 0.25) is 0 Å². The molecule has 0 saturated heterocycles. The maximum Gasteiger partial charge on any atom is 0.0637 e. The van der Waals surface area contributed by atoms with Crippen LogP contribution in [0.5, 0.6) is 0 Å². The van der Waals surface area contributed by atoms with Crippen molar-refractivity contribution in [3.63, 3.8) is 0 Å². The van der Waals surface area contributed by atoms with E-state index < -0.39 is 0 Å². The summed E-state index contributed by atoms with van der Waals surface area (Å²) in [6.07, 6.45) is 5.59. The number of aliphatic imine (C=N–C) groups is 1. The lowest BCUT2D eigenvalue weighted by atomic mass is 10.3. The van der Waals surface area contributed by atoms with Gasteiger partial charge in [0.25, 0.3) is 0 Å². The smallest absolute Gasteiger partial charge is 0.0637 e. The molecule has 0 N–H and O–H groups in total. The first kappa shape index (κ1) is 5.67. The minimum absolute atomic E-state index is 1.09. The van der Waals surface area contributed by atoms with E-state index in [9.17, 15) is 0 Å². The molecule has 1 nitrogen and oxygen atoms in total. The van der Waals surface area contributed by atoms with E-state index in [0.29, 0.717) is 0 Å². The van der Waals surface area contributed by atoms with Crippen molar-refractivity contribution in [3.8, 4) is 0 Å². The van der Waals surface area contributed by atoms with Crippen LogP contribution in [0.3, 0.4) is 0 Å². The van der Waals surface area contributed by atoms with Crippen LogP contribution in [0.25, 0.3) is 0 Å². The highest BCUT2D eigenvalue weighted by Gasteiger charge is 1.99. The molecule has 0 radical (unpaired) electrons. The molecule has 0 atom stereocenters. The molecule has 0 bridgehead atoms. The lowest BCUT2D eigenvalue weighted by Crippen LogP contribution is -1.65. The second-order valence-corrected chi connectivity index (χ2v) is 1.97. The van der Waals surface area contributed by atoms with Crippen molar-refractivity contribution < 1.29 is 0 Å². The quantitative estimate of drug-likeness (QED) is 0.386. The minimum atomic E-state index is 1.09. The zero-order chi connectivity index (χ0) is 5.82. The van der Waals surface area contributed by atoms with E-state index >= 15 is 0 Å². The monoisotopic (exact) mass is 125 g/mol. The highest BCUT2D eigenvalue weighted by atomic mass is 32.1. The molecule has 1 rings (SSSR count). The Morgan fingerprint density at radius 3 is 3.12 bits per heavy atom. The van der Waals surface area contributed by atoms with Crippen LogP contribution in [0, 0.1) is 0 Å². The van der Waals surface area contributed by atoms with Crippen LogP contribution in [0.4, 0.5) is 0 Å². The maximum absolute atomic E-state index is 4.43. The van der Waals surface area contributed by atoms with Gasteiger partial charge in [0, 0.05) is 5.70 Å². The molecule has 0 aromatic carbocycles. The molecule has 0 heterocycles. The molecule has 0 aliphatic heterocycles. The van der Waals surface area contributed by atoms with Gasteiger partial charge in [-0.2, -0.15) is 4.99 Å². The number of thiocarbonyl (C=S) groups is 1. The lowest BCUT2D eigenvalue weighted by Gasteiger charge is -1.82. The number of hydrogen-bond donors (Lipinski definition) is 0. The Hall–Kier alpha value is -0.460. The Labute approximate surface area is 54.1 Å². The highest BCUT2D eigenvalue weighted by molar-refractivity contribution is 7.78. The van der Waals surface area contributed by atoms with Crippen LogP contribution in [0.15, 0.2) is 16.8 Å². The van der Waals surface area contributed by atoms with E-state index in [2.05, 4.69) is 28.4 Å². The van der Waals surface area contributed by atoms with Crippen LogP contribution < -0.4 is 0 Å². The molecule has 0 aromatic rings. The van der Waals surface area contributed by atoms with E-state index in [-0.39, 0.29) is 0 Å². The number of hydrogen-bond acceptors (Lipinski definition) is 2. The van der Waals surface area contributed by atoms with Gasteiger partial charge in [-0.1, -0.05) is 6.08 Å². The second-order valence-electron chi connectivity index (χ2n) is 1.79. The van der Waals surface area contributed by atoms with Gasteiger partial charge in [-0.25, -0.2) is 0 Å². The van der Waals surface area contributed by atoms with Crippen LogP contribution >= 0.6 is 12.2 Å². The normalized spacial score (nSPS) is 17.2. The standard InChI is InChI=1S/C6H7NS/c8-5-7-6-3-1-2-4-6/h3H,1-2,4H2. The van der Waals surface area contributed by atoms with Crippen molar-refractivity contribution in [2.45, 2.75) is 19.3 Å². The average molecular weight is 125 g/mol. The Balaban J connectivity index is 2.57. The lowest BCUT2D eigenvalue weighted by molar-refractivity contribution is 0.901. The Kier molecular flexibility index (Phi) is 1.95. The van der Waals surface area contributed by atoms with Crippen molar-refractivity contribution in [3.05, 3.63) is 11.8 Å². The Morgan fingerprint density at radius 1 is 1.75 bits per heavy atom. The summed E-state index contributed by atoms with van der Waals surface area (Å²) in [7, 11) is 0. The molecule has 42 valence electrons. The van der Waals surface area contributed by atoms with Gasteiger partial charge in [0.05, 0.1) is 5.16 Å². The molecule has 8 heavy (non-hydrogen) atoms. The summed E-state index contributed by atoms with van der Waals surface area (Å²) < 4.78 is 0. The van der Waals surface area contributed by atoms with E-state index in [4.69, 9.17) is 0 Å². The summed E-state index contributed by atoms with van der Waals surface area (Å²) in [6, 6.07) is 0.